The van der Waals surface area contributed by atoms with E-state index in [-0.39, 0.29) is 17.3 Å². The standard InChI is InChI=1S/C14H24N2O3S/c1-9(2)16-14(5,12(17)18-6)7-11(4)20-13-15-10(3)8-19-13/h8-9,11,16H,7H2,1-6H3. The van der Waals surface area contributed by atoms with Crippen molar-refractivity contribution < 1.29 is 13.9 Å². The van der Waals surface area contributed by atoms with Crippen molar-refractivity contribution in [2.45, 2.75) is 63.1 Å². The number of methoxy groups -OCH3 is 1. The van der Waals surface area contributed by atoms with Gasteiger partial charge in [0.2, 0.25) is 0 Å². The fourth-order valence-electron chi connectivity index (χ4n) is 2.24. The summed E-state index contributed by atoms with van der Waals surface area (Å²) < 4.78 is 10.3. The predicted molar refractivity (Wildman–Crippen MR) is 79.9 cm³/mol. The fraction of sp³-hybridized carbons (Fsp3) is 0.714. The summed E-state index contributed by atoms with van der Waals surface area (Å²) in [5.74, 6) is -0.248. The van der Waals surface area contributed by atoms with Crippen LogP contribution in [-0.4, -0.2) is 34.9 Å². The number of esters is 1. The van der Waals surface area contributed by atoms with Gasteiger partial charge in [0.05, 0.1) is 12.8 Å². The molecule has 0 aromatic carbocycles. The molecule has 0 radical (unpaired) electrons. The normalized spacial score (nSPS) is 15.9. The molecular formula is C14H24N2O3S. The summed E-state index contributed by atoms with van der Waals surface area (Å²) in [4.78, 5) is 16.3. The van der Waals surface area contributed by atoms with E-state index in [4.69, 9.17) is 9.15 Å². The fourth-order valence-corrected chi connectivity index (χ4v) is 3.30. The van der Waals surface area contributed by atoms with Crippen molar-refractivity contribution in [1.82, 2.24) is 10.3 Å². The smallest absolute Gasteiger partial charge is 0.325 e. The van der Waals surface area contributed by atoms with Gasteiger partial charge in [0, 0.05) is 11.3 Å². The summed E-state index contributed by atoms with van der Waals surface area (Å²) in [6, 6.07) is 0.195. The van der Waals surface area contributed by atoms with Gasteiger partial charge in [0.25, 0.3) is 5.22 Å². The van der Waals surface area contributed by atoms with E-state index in [0.717, 1.165) is 5.69 Å². The minimum atomic E-state index is -0.711. The third kappa shape index (κ3) is 4.83. The summed E-state index contributed by atoms with van der Waals surface area (Å²) in [7, 11) is 1.41. The number of aryl methyl sites for hydroxylation is 1. The van der Waals surface area contributed by atoms with Crippen LogP contribution < -0.4 is 5.32 Å². The molecule has 0 amide bonds. The molecule has 0 saturated carbocycles. The van der Waals surface area contributed by atoms with Gasteiger partial charge in [-0.3, -0.25) is 10.1 Å². The number of thioether (sulfide) groups is 1. The van der Waals surface area contributed by atoms with Crippen LogP contribution in [0.2, 0.25) is 0 Å². The SMILES string of the molecule is COC(=O)C(C)(CC(C)Sc1nc(C)co1)NC(C)C. The third-order valence-electron chi connectivity index (χ3n) is 2.84. The van der Waals surface area contributed by atoms with Crippen LogP contribution in [-0.2, 0) is 9.53 Å². The Hall–Kier alpha value is -1.01. The van der Waals surface area contributed by atoms with Crippen LogP contribution >= 0.6 is 11.8 Å². The Morgan fingerprint density at radius 2 is 2.20 bits per heavy atom. The van der Waals surface area contributed by atoms with Gasteiger partial charge in [-0.25, -0.2) is 4.98 Å². The van der Waals surface area contributed by atoms with Crippen LogP contribution in [0.25, 0.3) is 0 Å². The van der Waals surface area contributed by atoms with Crippen molar-refractivity contribution in [3.63, 3.8) is 0 Å². The van der Waals surface area contributed by atoms with Crippen molar-refractivity contribution in [1.29, 1.82) is 0 Å². The van der Waals surface area contributed by atoms with Gasteiger partial charge in [-0.2, -0.15) is 0 Å². The highest BCUT2D eigenvalue weighted by Gasteiger charge is 2.36. The Balaban J connectivity index is 2.71. The molecule has 1 aromatic rings. The number of ether oxygens (including phenoxy) is 1. The second-order valence-corrected chi connectivity index (χ2v) is 6.90. The van der Waals surface area contributed by atoms with Gasteiger partial charge < -0.3 is 9.15 Å². The molecule has 2 unspecified atom stereocenters. The summed E-state index contributed by atoms with van der Waals surface area (Å²) >= 11 is 1.52. The quantitative estimate of drug-likeness (QED) is 0.617. The Bertz CT molecular complexity index is 447. The van der Waals surface area contributed by atoms with E-state index in [1.807, 2.05) is 34.6 Å². The monoisotopic (exact) mass is 300 g/mol. The highest BCUT2D eigenvalue weighted by Crippen LogP contribution is 2.29. The zero-order valence-corrected chi connectivity index (χ0v) is 13.8. The molecule has 0 fully saturated rings. The minimum Gasteiger partial charge on any atom is -0.468 e. The summed E-state index contributed by atoms with van der Waals surface area (Å²) in [5, 5.41) is 4.09. The Labute approximate surface area is 124 Å². The van der Waals surface area contributed by atoms with E-state index in [9.17, 15) is 4.79 Å². The van der Waals surface area contributed by atoms with Crippen molar-refractivity contribution in [2.75, 3.05) is 7.11 Å². The first-order chi connectivity index (χ1) is 9.26. The van der Waals surface area contributed by atoms with Crippen LogP contribution in [0.3, 0.4) is 0 Å². The van der Waals surface area contributed by atoms with Crippen molar-refractivity contribution in [3.8, 4) is 0 Å². The average molecular weight is 300 g/mol. The molecule has 5 nitrogen and oxygen atoms in total. The van der Waals surface area contributed by atoms with Gasteiger partial charge >= 0.3 is 5.97 Å². The molecule has 0 saturated heterocycles. The molecule has 0 bridgehead atoms. The second-order valence-electron chi connectivity index (χ2n) is 5.51. The van der Waals surface area contributed by atoms with Gasteiger partial charge in [0.15, 0.2) is 0 Å². The highest BCUT2D eigenvalue weighted by atomic mass is 32.2. The number of oxazole rings is 1. The van der Waals surface area contributed by atoms with Crippen molar-refractivity contribution in [2.24, 2.45) is 0 Å². The Morgan fingerprint density at radius 1 is 1.55 bits per heavy atom. The molecule has 0 aliphatic heterocycles. The molecule has 1 N–H and O–H groups in total. The van der Waals surface area contributed by atoms with E-state index >= 15 is 0 Å². The third-order valence-corrected chi connectivity index (χ3v) is 3.80. The summed E-state index contributed by atoms with van der Waals surface area (Å²) in [6.45, 7) is 9.83. The maximum Gasteiger partial charge on any atom is 0.325 e. The Kier molecular flexibility index (Phi) is 6.07. The lowest BCUT2D eigenvalue weighted by atomic mass is 9.95. The van der Waals surface area contributed by atoms with Gasteiger partial charge in [-0.05, 0) is 34.1 Å². The minimum absolute atomic E-state index is 0.170. The average Bonchev–Trinajstić information content (AvgIpc) is 2.71. The van der Waals surface area contributed by atoms with Crippen LogP contribution in [0.4, 0.5) is 0 Å². The molecule has 114 valence electrons. The summed E-state index contributed by atoms with van der Waals surface area (Å²) in [6.07, 6.45) is 2.25. The topological polar surface area (TPSA) is 64.4 Å². The second kappa shape index (κ2) is 7.13. The highest BCUT2D eigenvalue weighted by molar-refractivity contribution is 7.99. The number of nitrogens with zero attached hydrogens (tertiary/aromatic N) is 1. The van der Waals surface area contributed by atoms with E-state index < -0.39 is 5.54 Å². The zero-order valence-electron chi connectivity index (χ0n) is 13.0. The number of aromatic nitrogens is 1. The maximum absolute atomic E-state index is 12.0. The molecule has 0 spiro atoms. The maximum atomic E-state index is 12.0. The van der Waals surface area contributed by atoms with Crippen LogP contribution in [0, 0.1) is 6.92 Å². The zero-order chi connectivity index (χ0) is 15.3. The number of nitrogens with one attached hydrogen (secondary N) is 1. The van der Waals surface area contributed by atoms with E-state index in [0.29, 0.717) is 11.6 Å². The number of hydrogen-bond donors (Lipinski definition) is 1. The molecule has 0 aliphatic carbocycles. The molecule has 1 heterocycles. The molecule has 1 rings (SSSR count). The first-order valence-corrected chi connectivity index (χ1v) is 7.59. The molecule has 2 atom stereocenters. The van der Waals surface area contributed by atoms with Crippen LogP contribution in [0.5, 0.6) is 0 Å². The molecule has 6 heteroatoms. The van der Waals surface area contributed by atoms with E-state index in [2.05, 4.69) is 10.3 Å². The predicted octanol–water partition coefficient (Wildman–Crippen LogP) is 2.78. The van der Waals surface area contributed by atoms with E-state index in [1.54, 1.807) is 6.26 Å². The molecule has 0 aliphatic rings. The lowest BCUT2D eigenvalue weighted by Gasteiger charge is -2.32. The number of carbonyl (C=O) groups is 1. The van der Waals surface area contributed by atoms with Crippen LogP contribution in [0.15, 0.2) is 15.9 Å². The van der Waals surface area contributed by atoms with E-state index in [1.165, 1.54) is 18.9 Å². The van der Waals surface area contributed by atoms with Crippen molar-refractivity contribution >= 4 is 17.7 Å². The van der Waals surface area contributed by atoms with Crippen molar-refractivity contribution in [3.05, 3.63) is 12.0 Å². The summed E-state index contributed by atoms with van der Waals surface area (Å²) in [5.41, 5.74) is 0.146. The van der Waals surface area contributed by atoms with Gasteiger partial charge in [-0.15, -0.1) is 0 Å². The first kappa shape index (κ1) is 17.0. The Morgan fingerprint density at radius 3 is 2.65 bits per heavy atom. The lowest BCUT2D eigenvalue weighted by molar-refractivity contribution is -0.148. The van der Waals surface area contributed by atoms with Crippen LogP contribution in [0.1, 0.15) is 39.8 Å². The van der Waals surface area contributed by atoms with Gasteiger partial charge in [0.1, 0.15) is 11.8 Å². The number of rotatable bonds is 7. The lowest BCUT2D eigenvalue weighted by Crippen LogP contribution is -2.54. The molecular weight excluding hydrogens is 276 g/mol. The largest absolute Gasteiger partial charge is 0.468 e. The molecule has 1 aromatic heterocycles. The van der Waals surface area contributed by atoms with Gasteiger partial charge in [-0.1, -0.05) is 18.7 Å². The first-order valence-electron chi connectivity index (χ1n) is 6.71. The number of carbonyl (C=O) groups excluding carboxylic acids is 1. The number of hydrogen-bond acceptors (Lipinski definition) is 6. The molecule has 20 heavy (non-hydrogen) atoms.